The SMILES string of the molecule is CC(=O)OC(C)C(=O)N1CCCC1C(=O)Nc1ccc(CN(Cc2ccc(NC(=O)C3CCCN3C(=O)C(OC(C)=O)c3ccccc3)cc2)c2ccc(F)cc2)cc1. The lowest BCUT2D eigenvalue weighted by molar-refractivity contribution is -0.160. The van der Waals surface area contributed by atoms with E-state index in [0.717, 1.165) is 16.8 Å². The number of nitrogens with one attached hydrogen (secondary N) is 2. The van der Waals surface area contributed by atoms with Crippen LogP contribution in [0.25, 0.3) is 0 Å². The molecule has 0 bridgehead atoms. The highest BCUT2D eigenvalue weighted by molar-refractivity contribution is 5.99. The van der Waals surface area contributed by atoms with E-state index in [4.69, 9.17) is 9.47 Å². The number of carbonyl (C=O) groups is 6. The van der Waals surface area contributed by atoms with Gasteiger partial charge in [-0.25, -0.2) is 4.39 Å². The molecule has 2 aliphatic heterocycles. The Hall–Kier alpha value is -6.57. The second-order valence-electron chi connectivity index (χ2n) is 14.7. The first-order valence-corrected chi connectivity index (χ1v) is 19.7. The zero-order valence-corrected chi connectivity index (χ0v) is 33.3. The van der Waals surface area contributed by atoms with Crippen LogP contribution < -0.4 is 15.5 Å². The summed E-state index contributed by atoms with van der Waals surface area (Å²) in [7, 11) is 0. The largest absolute Gasteiger partial charge is 0.453 e. The Kier molecular flexibility index (Phi) is 13.7. The van der Waals surface area contributed by atoms with Crippen LogP contribution in [0.1, 0.15) is 69.2 Å². The molecule has 308 valence electrons. The van der Waals surface area contributed by atoms with E-state index in [1.807, 2.05) is 24.3 Å². The Labute approximate surface area is 342 Å². The number of carbonyl (C=O) groups excluding carboxylic acids is 6. The summed E-state index contributed by atoms with van der Waals surface area (Å²) in [5.41, 5.74) is 4.25. The highest BCUT2D eigenvalue weighted by atomic mass is 19.1. The molecule has 4 atom stereocenters. The molecule has 4 aromatic carbocycles. The van der Waals surface area contributed by atoms with E-state index in [0.29, 0.717) is 68.8 Å². The number of benzene rings is 4. The molecule has 2 heterocycles. The minimum Gasteiger partial charge on any atom is -0.453 e. The van der Waals surface area contributed by atoms with Crippen molar-refractivity contribution >= 4 is 52.6 Å². The molecule has 0 aliphatic carbocycles. The third kappa shape index (κ3) is 10.9. The number of halogens is 1. The number of hydrogen-bond acceptors (Lipinski definition) is 9. The molecule has 2 saturated heterocycles. The fraction of sp³-hybridized carbons (Fsp3) is 0.333. The zero-order valence-electron chi connectivity index (χ0n) is 33.3. The summed E-state index contributed by atoms with van der Waals surface area (Å²) >= 11 is 0. The summed E-state index contributed by atoms with van der Waals surface area (Å²) in [6.45, 7) is 5.62. The molecular formula is C45H48FN5O8. The molecule has 2 fully saturated rings. The molecule has 59 heavy (non-hydrogen) atoms. The van der Waals surface area contributed by atoms with Gasteiger partial charge in [0.15, 0.2) is 6.10 Å². The number of rotatable bonds is 14. The van der Waals surface area contributed by atoms with Crippen molar-refractivity contribution in [1.29, 1.82) is 0 Å². The predicted octanol–water partition coefficient (Wildman–Crippen LogP) is 6.15. The highest BCUT2D eigenvalue weighted by Crippen LogP contribution is 2.28. The van der Waals surface area contributed by atoms with Gasteiger partial charge >= 0.3 is 11.9 Å². The Balaban J connectivity index is 1.08. The third-order valence-corrected chi connectivity index (χ3v) is 10.4. The molecule has 0 radical (unpaired) electrons. The van der Waals surface area contributed by atoms with Crippen molar-refractivity contribution in [3.63, 3.8) is 0 Å². The summed E-state index contributed by atoms with van der Waals surface area (Å²) in [6.07, 6.45) is 0.116. The van der Waals surface area contributed by atoms with E-state index in [1.54, 1.807) is 66.7 Å². The molecule has 0 spiro atoms. The van der Waals surface area contributed by atoms with Gasteiger partial charge in [0.05, 0.1) is 0 Å². The lowest BCUT2D eigenvalue weighted by Gasteiger charge is -2.28. The standard InChI is InChI=1S/C45H48FN5O8/c1-29(58-30(2)52)44(56)50-25-7-11-39(50)42(54)47-36-19-13-32(14-20-36)27-49(38-23-17-35(46)18-24-38)28-33-15-21-37(22-16-33)48-43(55)40-12-8-26-51(40)45(57)41(59-31(3)53)34-9-5-4-6-10-34/h4-6,9-10,13-24,29,39-41H,7-8,11-12,25-28H2,1-3H3,(H,47,54)(H,48,55). The average Bonchev–Trinajstić information content (AvgIpc) is 3.92. The molecule has 2 N–H and O–H groups in total. The fourth-order valence-electron chi connectivity index (χ4n) is 7.51. The minimum atomic E-state index is -1.15. The zero-order chi connectivity index (χ0) is 42.1. The van der Waals surface area contributed by atoms with Crippen LogP contribution in [0.3, 0.4) is 0 Å². The Morgan fingerprint density at radius 3 is 1.61 bits per heavy atom. The van der Waals surface area contributed by atoms with Crippen molar-refractivity contribution in [2.45, 2.75) is 83.8 Å². The van der Waals surface area contributed by atoms with Gasteiger partial charge in [0.2, 0.25) is 17.9 Å². The smallest absolute Gasteiger partial charge is 0.303 e. The van der Waals surface area contributed by atoms with Crippen LogP contribution in [0.4, 0.5) is 21.5 Å². The van der Waals surface area contributed by atoms with Crippen molar-refractivity contribution in [2.24, 2.45) is 0 Å². The molecule has 14 heteroatoms. The Bertz CT molecular complexity index is 2130. The van der Waals surface area contributed by atoms with Crippen molar-refractivity contribution < 1.29 is 42.6 Å². The molecule has 0 aromatic heterocycles. The molecule has 4 aromatic rings. The highest BCUT2D eigenvalue weighted by Gasteiger charge is 2.39. The summed E-state index contributed by atoms with van der Waals surface area (Å²) in [4.78, 5) is 81.6. The number of hydrogen-bond donors (Lipinski definition) is 2. The van der Waals surface area contributed by atoms with Crippen LogP contribution in [0.15, 0.2) is 103 Å². The van der Waals surface area contributed by atoms with Crippen LogP contribution in [0, 0.1) is 5.82 Å². The van der Waals surface area contributed by atoms with Crippen LogP contribution in [0.2, 0.25) is 0 Å². The van der Waals surface area contributed by atoms with Gasteiger partial charge in [-0.1, -0.05) is 54.6 Å². The van der Waals surface area contributed by atoms with Gasteiger partial charge in [0.1, 0.15) is 17.9 Å². The van der Waals surface area contributed by atoms with Crippen LogP contribution in [-0.2, 0) is 51.3 Å². The normalized spacial score (nSPS) is 17.1. The van der Waals surface area contributed by atoms with E-state index in [9.17, 15) is 33.2 Å². The molecule has 6 rings (SSSR count). The topological polar surface area (TPSA) is 155 Å². The van der Waals surface area contributed by atoms with E-state index in [-0.39, 0.29) is 17.6 Å². The molecule has 13 nitrogen and oxygen atoms in total. The average molecular weight is 806 g/mol. The maximum atomic E-state index is 13.9. The molecular weight excluding hydrogens is 758 g/mol. The van der Waals surface area contributed by atoms with Gasteiger partial charge in [-0.05, 0) is 92.3 Å². The van der Waals surface area contributed by atoms with Crippen LogP contribution in [0.5, 0.6) is 0 Å². The molecule has 2 aliphatic rings. The summed E-state index contributed by atoms with van der Waals surface area (Å²) < 4.78 is 24.4. The first-order valence-electron chi connectivity index (χ1n) is 19.7. The van der Waals surface area contributed by atoms with Crippen molar-refractivity contribution in [1.82, 2.24) is 9.80 Å². The molecule has 0 saturated carbocycles. The van der Waals surface area contributed by atoms with Crippen molar-refractivity contribution in [3.8, 4) is 0 Å². The van der Waals surface area contributed by atoms with Crippen LogP contribution in [-0.4, -0.2) is 76.6 Å². The maximum Gasteiger partial charge on any atom is 0.303 e. The first-order chi connectivity index (χ1) is 28.4. The quantitative estimate of drug-likeness (QED) is 0.143. The summed E-state index contributed by atoms with van der Waals surface area (Å²) in [5, 5.41) is 5.85. The number of likely N-dealkylation sites (tertiary alicyclic amines) is 2. The van der Waals surface area contributed by atoms with Gasteiger partial charge in [-0.2, -0.15) is 0 Å². The van der Waals surface area contributed by atoms with E-state index >= 15 is 0 Å². The summed E-state index contributed by atoms with van der Waals surface area (Å²) in [6, 6.07) is 28.2. The first kappa shape index (κ1) is 42.0. The maximum absolute atomic E-state index is 13.9. The van der Waals surface area contributed by atoms with E-state index < -0.39 is 48.0 Å². The lowest BCUT2D eigenvalue weighted by atomic mass is 10.1. The second-order valence-corrected chi connectivity index (χ2v) is 14.7. The monoisotopic (exact) mass is 805 g/mol. The predicted molar refractivity (Wildman–Crippen MR) is 218 cm³/mol. The number of nitrogens with zero attached hydrogens (tertiary/aromatic N) is 3. The number of esters is 2. The number of amides is 4. The Morgan fingerprint density at radius 2 is 1.14 bits per heavy atom. The number of ether oxygens (including phenoxy) is 2. The minimum absolute atomic E-state index is 0.323. The van der Waals surface area contributed by atoms with Crippen molar-refractivity contribution in [2.75, 3.05) is 28.6 Å². The molecule has 4 amide bonds. The fourth-order valence-corrected chi connectivity index (χ4v) is 7.51. The summed E-state index contributed by atoms with van der Waals surface area (Å²) in [5.74, 6) is -3.04. The van der Waals surface area contributed by atoms with Gasteiger partial charge in [0, 0.05) is 62.7 Å². The van der Waals surface area contributed by atoms with E-state index in [1.165, 1.54) is 42.7 Å². The van der Waals surface area contributed by atoms with E-state index in [2.05, 4.69) is 15.5 Å². The second kappa shape index (κ2) is 19.2. The van der Waals surface area contributed by atoms with Gasteiger partial charge in [0.25, 0.3) is 11.8 Å². The third-order valence-electron chi connectivity index (χ3n) is 10.4. The number of anilines is 3. The van der Waals surface area contributed by atoms with Crippen LogP contribution >= 0.6 is 0 Å². The van der Waals surface area contributed by atoms with Gasteiger partial charge in [-0.3, -0.25) is 28.8 Å². The molecule has 4 unspecified atom stereocenters. The lowest BCUT2D eigenvalue weighted by Crippen LogP contribution is -2.47. The Morgan fingerprint density at radius 1 is 0.661 bits per heavy atom. The van der Waals surface area contributed by atoms with Crippen molar-refractivity contribution in [3.05, 3.63) is 126 Å². The van der Waals surface area contributed by atoms with Gasteiger partial charge in [-0.15, -0.1) is 0 Å². The van der Waals surface area contributed by atoms with Gasteiger partial charge < -0.3 is 34.8 Å².